The molecular formula is C37H39N9O5. The Morgan fingerprint density at radius 1 is 1.00 bits per heavy atom. The number of aryl methyl sites for hydroxylation is 1. The van der Waals surface area contributed by atoms with Gasteiger partial charge in [-0.2, -0.15) is 15.1 Å². The van der Waals surface area contributed by atoms with Gasteiger partial charge in [-0.15, -0.1) is 0 Å². The molecule has 0 saturated carbocycles. The van der Waals surface area contributed by atoms with Crippen LogP contribution in [0.4, 0.5) is 11.8 Å². The second kappa shape index (κ2) is 15.5. The molecule has 4 atom stereocenters. The van der Waals surface area contributed by atoms with Crippen LogP contribution < -0.4 is 10.2 Å². The van der Waals surface area contributed by atoms with Gasteiger partial charge in [-0.1, -0.05) is 97.9 Å². The van der Waals surface area contributed by atoms with E-state index in [0.717, 1.165) is 16.7 Å². The van der Waals surface area contributed by atoms with Gasteiger partial charge >= 0.3 is 0 Å². The molecular weight excluding hydrogens is 650 g/mol. The number of hydrogen-bond acceptors (Lipinski definition) is 12. The van der Waals surface area contributed by atoms with Crippen LogP contribution in [0.2, 0.25) is 0 Å². The van der Waals surface area contributed by atoms with Crippen molar-refractivity contribution < 1.29 is 24.5 Å². The number of nitrogens with zero attached hydrogens (tertiary/aromatic N) is 7. The van der Waals surface area contributed by atoms with E-state index in [9.17, 15) is 15.0 Å². The zero-order chi connectivity index (χ0) is 35.2. The molecule has 4 N–H and O–H groups in total. The van der Waals surface area contributed by atoms with Gasteiger partial charge in [-0.25, -0.2) is 9.97 Å². The Labute approximate surface area is 294 Å². The van der Waals surface area contributed by atoms with Crippen molar-refractivity contribution >= 4 is 29.4 Å². The van der Waals surface area contributed by atoms with Gasteiger partial charge in [0.15, 0.2) is 41.2 Å². The van der Waals surface area contributed by atoms with Crippen LogP contribution in [0.5, 0.6) is 0 Å². The van der Waals surface area contributed by atoms with Gasteiger partial charge in [0.1, 0.15) is 18.7 Å². The minimum atomic E-state index is -1.32. The van der Waals surface area contributed by atoms with Crippen molar-refractivity contribution in [1.82, 2.24) is 34.7 Å². The summed E-state index contributed by atoms with van der Waals surface area (Å²) in [7, 11) is 0. The maximum atomic E-state index is 11.5. The first-order chi connectivity index (χ1) is 25.1. The van der Waals surface area contributed by atoms with E-state index in [1.807, 2.05) is 73.7 Å². The molecule has 7 rings (SSSR count). The fourth-order valence-electron chi connectivity index (χ4n) is 6.40. The van der Waals surface area contributed by atoms with Crippen LogP contribution >= 0.6 is 0 Å². The summed E-state index contributed by atoms with van der Waals surface area (Å²) in [6.07, 6.45) is -1.68. The predicted octanol–water partition coefficient (Wildman–Crippen LogP) is 3.92. The van der Waals surface area contributed by atoms with E-state index in [1.165, 1.54) is 6.33 Å². The topological polar surface area (TPSA) is 176 Å². The molecule has 0 spiro atoms. The minimum Gasteiger partial charge on any atom is -0.458 e. The molecule has 3 aromatic carbocycles. The molecule has 1 aliphatic rings. The zero-order valence-corrected chi connectivity index (χ0v) is 28.0. The lowest BCUT2D eigenvalue weighted by atomic mass is 9.91. The fourth-order valence-corrected chi connectivity index (χ4v) is 6.40. The van der Waals surface area contributed by atoms with Crippen molar-refractivity contribution in [3.8, 4) is 0 Å². The van der Waals surface area contributed by atoms with Crippen molar-refractivity contribution in [2.45, 2.75) is 50.2 Å². The third-order valence-electron chi connectivity index (χ3n) is 9.09. The second-order valence-electron chi connectivity index (χ2n) is 12.2. The molecule has 6 aromatic rings. The number of benzene rings is 3. The summed E-state index contributed by atoms with van der Waals surface area (Å²) in [5, 5.41) is 32.7. The number of rotatable bonds is 15. The number of anilines is 2. The maximum absolute atomic E-state index is 11.5. The average molecular weight is 690 g/mol. The normalized spacial score (nSPS) is 18.7. The second-order valence-corrected chi connectivity index (χ2v) is 12.2. The van der Waals surface area contributed by atoms with Crippen LogP contribution in [0.25, 0.3) is 11.2 Å². The summed E-state index contributed by atoms with van der Waals surface area (Å²) < 4.78 is 13.2. The Morgan fingerprint density at radius 2 is 1.69 bits per heavy atom. The number of carbonyl (C=O) groups is 1. The molecule has 51 heavy (non-hydrogen) atoms. The molecule has 14 nitrogen and oxygen atoms in total. The molecule has 0 bridgehead atoms. The number of aromatic nitrogens is 7. The maximum Gasteiger partial charge on any atom is 0.293 e. The van der Waals surface area contributed by atoms with Crippen LogP contribution in [-0.2, 0) is 27.1 Å². The van der Waals surface area contributed by atoms with Crippen LogP contribution in [0.15, 0.2) is 97.3 Å². The van der Waals surface area contributed by atoms with Crippen LogP contribution in [-0.4, -0.2) is 83.4 Å². The third kappa shape index (κ3) is 7.15. The van der Waals surface area contributed by atoms with Gasteiger partial charge in [0.25, 0.3) is 6.47 Å². The molecule has 0 radical (unpaired) electrons. The number of imidazole rings is 1. The van der Waals surface area contributed by atoms with E-state index >= 15 is 0 Å². The number of H-pyrrole nitrogens is 1. The molecule has 4 heterocycles. The highest BCUT2D eigenvalue weighted by Gasteiger charge is 2.49. The first-order valence-electron chi connectivity index (χ1n) is 16.9. The van der Waals surface area contributed by atoms with Gasteiger partial charge in [0.05, 0.1) is 6.33 Å². The first kappa shape index (κ1) is 33.8. The first-order valence-corrected chi connectivity index (χ1v) is 16.9. The number of aromatic amines is 1. The fraction of sp³-hybridized carbons (Fsp3) is 0.297. The Hall–Kier alpha value is -5.70. The van der Waals surface area contributed by atoms with Gasteiger partial charge in [0, 0.05) is 25.4 Å². The lowest BCUT2D eigenvalue weighted by Gasteiger charge is -2.23. The van der Waals surface area contributed by atoms with Crippen molar-refractivity contribution in [3.05, 3.63) is 126 Å². The highest BCUT2D eigenvalue weighted by molar-refractivity contribution is 5.84. The zero-order valence-electron chi connectivity index (χ0n) is 28.0. The summed E-state index contributed by atoms with van der Waals surface area (Å²) in [5.41, 5.74) is 4.12. The number of nitrogens with one attached hydrogen (secondary N) is 2. The number of ether oxygens (including phenoxy) is 2. The summed E-state index contributed by atoms with van der Waals surface area (Å²) in [4.78, 5) is 32.1. The summed E-state index contributed by atoms with van der Waals surface area (Å²) in [5.74, 6) is 1.55. The molecule has 262 valence electrons. The molecule has 0 amide bonds. The summed E-state index contributed by atoms with van der Waals surface area (Å²) in [6, 6.07) is 30.4. The Balaban J connectivity index is 1.27. The molecule has 0 aliphatic carbocycles. The van der Waals surface area contributed by atoms with Gasteiger partial charge in [-0.05, 0) is 23.1 Å². The van der Waals surface area contributed by atoms with Gasteiger partial charge in [0.2, 0.25) is 5.95 Å². The van der Waals surface area contributed by atoms with Gasteiger partial charge in [-0.3, -0.25) is 14.5 Å². The quantitative estimate of drug-likeness (QED) is 0.0905. The van der Waals surface area contributed by atoms with Crippen molar-refractivity contribution in [1.29, 1.82) is 0 Å². The molecule has 1 saturated heterocycles. The third-order valence-corrected chi connectivity index (χ3v) is 9.09. The SMILES string of the molecule is CCc1nc([C@H]2O[C@@H](n3cnc4c(NCC(c5ccccc5)c5ccccc5)nc(N(CO)CCc5ccccc5)nc43)[C@H](O)[C@@H]2OC=O)n[nH]1. The molecule has 3 aromatic heterocycles. The van der Waals surface area contributed by atoms with Crippen molar-refractivity contribution in [2.24, 2.45) is 0 Å². The lowest BCUT2D eigenvalue weighted by molar-refractivity contribution is -0.140. The summed E-state index contributed by atoms with van der Waals surface area (Å²) >= 11 is 0. The number of carbonyl (C=O) groups excluding carboxylic acids is 1. The van der Waals surface area contributed by atoms with E-state index in [2.05, 4.69) is 49.7 Å². The monoisotopic (exact) mass is 689 g/mol. The number of aliphatic hydroxyl groups is 2. The number of fused-ring (bicyclic) bond motifs is 1. The highest BCUT2D eigenvalue weighted by atomic mass is 16.6. The van der Waals surface area contributed by atoms with Crippen molar-refractivity contribution in [3.63, 3.8) is 0 Å². The largest absolute Gasteiger partial charge is 0.458 e. The minimum absolute atomic E-state index is 0.0219. The van der Waals surface area contributed by atoms with E-state index in [4.69, 9.17) is 19.4 Å². The van der Waals surface area contributed by atoms with E-state index in [0.29, 0.717) is 48.7 Å². The van der Waals surface area contributed by atoms with E-state index in [1.54, 1.807) is 9.47 Å². The number of aliphatic hydroxyl groups excluding tert-OH is 2. The van der Waals surface area contributed by atoms with E-state index < -0.39 is 24.5 Å². The molecule has 1 fully saturated rings. The smallest absolute Gasteiger partial charge is 0.293 e. The highest BCUT2D eigenvalue weighted by Crippen LogP contribution is 2.41. The van der Waals surface area contributed by atoms with E-state index in [-0.39, 0.29) is 30.9 Å². The average Bonchev–Trinajstić information content (AvgIpc) is 3.91. The van der Waals surface area contributed by atoms with Crippen LogP contribution in [0.3, 0.4) is 0 Å². The van der Waals surface area contributed by atoms with Crippen LogP contribution in [0.1, 0.15) is 53.5 Å². The molecule has 14 heteroatoms. The molecule has 0 unspecified atom stereocenters. The Kier molecular flexibility index (Phi) is 10.2. The lowest BCUT2D eigenvalue weighted by Crippen LogP contribution is -2.32. The van der Waals surface area contributed by atoms with Crippen LogP contribution in [0, 0.1) is 0 Å². The standard InChI is InChI=1S/C37H39N9O5/c1-2-28-40-34(44-43-28)32-31(50-23-48)30(49)36(51-32)46-21-39-29-33(38-20-27(25-14-8-4-9-15-25)26-16-10-5-11-17-26)41-37(42-35(29)46)45(22-47)19-18-24-12-6-3-7-13-24/h3-17,21,23,27,30-32,36,47,49H,2,18-20,22H2,1H3,(H,38,41,42)(H,40,43,44)/t30-,31+,32+,36-/m1/s1. The summed E-state index contributed by atoms with van der Waals surface area (Å²) in [6.45, 7) is 2.76. The number of hydrogen-bond donors (Lipinski definition) is 4. The predicted molar refractivity (Wildman–Crippen MR) is 189 cm³/mol. The Morgan fingerprint density at radius 3 is 2.31 bits per heavy atom. The molecule has 1 aliphatic heterocycles. The van der Waals surface area contributed by atoms with Crippen molar-refractivity contribution in [2.75, 3.05) is 30.0 Å². The Bertz CT molecular complexity index is 1990. The van der Waals surface area contributed by atoms with Gasteiger partial charge < -0.3 is 29.9 Å².